The van der Waals surface area contributed by atoms with E-state index in [2.05, 4.69) is 5.32 Å². The van der Waals surface area contributed by atoms with Crippen LogP contribution in [0.15, 0.2) is 23.1 Å². The molecule has 34 heavy (non-hydrogen) atoms. The lowest BCUT2D eigenvalue weighted by Crippen LogP contribution is -2.68. The predicted octanol–water partition coefficient (Wildman–Crippen LogP) is 3.10. The minimum atomic E-state index is -4.22. The molecule has 186 valence electrons. The van der Waals surface area contributed by atoms with Crippen LogP contribution in [0.1, 0.15) is 56.9 Å². The lowest BCUT2D eigenvalue weighted by Gasteiger charge is -2.59. The maximum absolute atomic E-state index is 15.0. The van der Waals surface area contributed by atoms with Crippen molar-refractivity contribution < 1.29 is 22.4 Å². The molecule has 5 fully saturated rings. The minimum absolute atomic E-state index is 0.0795. The maximum Gasteiger partial charge on any atom is 0.246 e. The molecular formula is C24H31FIN3O4S. The maximum atomic E-state index is 15.0. The van der Waals surface area contributed by atoms with Gasteiger partial charge < -0.3 is 11.1 Å². The van der Waals surface area contributed by atoms with Crippen molar-refractivity contribution in [2.24, 2.45) is 28.9 Å². The minimum Gasteiger partial charge on any atom is -0.369 e. The van der Waals surface area contributed by atoms with Crippen LogP contribution in [0.2, 0.25) is 0 Å². The summed E-state index contributed by atoms with van der Waals surface area (Å²) in [4.78, 5) is 25.5. The summed E-state index contributed by atoms with van der Waals surface area (Å²) in [7, 11) is -2.82. The summed E-state index contributed by atoms with van der Waals surface area (Å²) in [6.07, 6.45) is 5.69. The number of rotatable bonds is 7. The van der Waals surface area contributed by atoms with Crippen molar-refractivity contribution in [3.05, 3.63) is 29.6 Å². The summed E-state index contributed by atoms with van der Waals surface area (Å²) < 4.78 is 43.3. The van der Waals surface area contributed by atoms with E-state index in [0.717, 1.165) is 30.0 Å². The number of benzene rings is 1. The molecule has 2 atom stereocenters. The molecule has 0 saturated heterocycles. The molecule has 0 aromatic heterocycles. The number of carbonyl (C=O) groups is 2. The normalized spacial score (nSPS) is 33.5. The van der Waals surface area contributed by atoms with Gasteiger partial charge in [-0.15, -0.1) is 0 Å². The Labute approximate surface area is 213 Å². The van der Waals surface area contributed by atoms with E-state index in [1.54, 1.807) is 6.07 Å². The van der Waals surface area contributed by atoms with E-state index in [4.69, 9.17) is 5.73 Å². The van der Waals surface area contributed by atoms with E-state index in [0.29, 0.717) is 41.6 Å². The Kier molecular flexibility index (Phi) is 6.03. The molecule has 7 nitrogen and oxygen atoms in total. The third-order valence-electron chi connectivity index (χ3n) is 9.13. The highest BCUT2D eigenvalue weighted by atomic mass is 127. The number of nitrogens with zero attached hydrogens (tertiary/aromatic N) is 1. The van der Waals surface area contributed by atoms with Crippen molar-refractivity contribution in [2.45, 2.75) is 72.3 Å². The highest BCUT2D eigenvalue weighted by molar-refractivity contribution is 14.1. The summed E-state index contributed by atoms with van der Waals surface area (Å²) in [5, 5.41) is 3.21. The molecule has 3 N–H and O–H groups in total. The van der Waals surface area contributed by atoms with Crippen LogP contribution in [-0.4, -0.2) is 43.2 Å². The number of amides is 2. The summed E-state index contributed by atoms with van der Waals surface area (Å²) in [6, 6.07) is 4.29. The average molecular weight is 603 g/mol. The van der Waals surface area contributed by atoms with Gasteiger partial charge in [0.1, 0.15) is 16.3 Å². The number of halogens is 2. The molecule has 0 spiro atoms. The van der Waals surface area contributed by atoms with Gasteiger partial charge in [-0.3, -0.25) is 9.59 Å². The van der Waals surface area contributed by atoms with E-state index >= 15 is 0 Å². The molecule has 1 aromatic rings. The van der Waals surface area contributed by atoms with Crippen LogP contribution in [-0.2, 0) is 24.0 Å². The summed E-state index contributed by atoms with van der Waals surface area (Å²) >= 11 is 2.00. The zero-order valence-corrected chi connectivity index (χ0v) is 22.2. The fourth-order valence-corrected chi connectivity index (χ4v) is 9.50. The van der Waals surface area contributed by atoms with Crippen LogP contribution >= 0.6 is 22.6 Å². The van der Waals surface area contributed by atoms with Gasteiger partial charge in [-0.2, -0.15) is 4.31 Å². The van der Waals surface area contributed by atoms with Crippen molar-refractivity contribution in [1.82, 2.24) is 9.62 Å². The van der Waals surface area contributed by atoms with Crippen LogP contribution in [0.3, 0.4) is 0 Å². The number of nitrogens with two attached hydrogens (primary N) is 1. The van der Waals surface area contributed by atoms with Crippen LogP contribution in [0, 0.1) is 29.0 Å². The average Bonchev–Trinajstić information content (AvgIpc) is 2.75. The largest absolute Gasteiger partial charge is 0.369 e. The molecule has 5 aliphatic rings. The van der Waals surface area contributed by atoms with Gasteiger partial charge in [0.05, 0.1) is 0 Å². The molecular weight excluding hydrogens is 572 g/mol. The van der Waals surface area contributed by atoms with Crippen LogP contribution in [0.5, 0.6) is 0 Å². The molecule has 0 radical (unpaired) electrons. The van der Waals surface area contributed by atoms with Gasteiger partial charge in [-0.05, 0) is 80.8 Å². The number of sulfonamides is 1. The first-order valence-electron chi connectivity index (χ1n) is 12.0. The van der Waals surface area contributed by atoms with Gasteiger partial charge in [0, 0.05) is 22.9 Å². The van der Waals surface area contributed by atoms with Gasteiger partial charge in [0.15, 0.2) is 0 Å². The third kappa shape index (κ3) is 3.53. The Morgan fingerprint density at radius 1 is 1.21 bits per heavy atom. The molecule has 2 unspecified atom stereocenters. The second-order valence-corrected chi connectivity index (χ2v) is 13.5. The summed E-state index contributed by atoms with van der Waals surface area (Å²) in [5.74, 6) is -0.461. The Morgan fingerprint density at radius 3 is 2.38 bits per heavy atom. The van der Waals surface area contributed by atoms with Crippen molar-refractivity contribution in [3.63, 3.8) is 0 Å². The van der Waals surface area contributed by atoms with Crippen molar-refractivity contribution in [2.75, 3.05) is 7.05 Å². The first-order valence-corrected chi connectivity index (χ1v) is 14.9. The molecule has 10 heteroatoms. The van der Waals surface area contributed by atoms with Crippen molar-refractivity contribution in [1.29, 1.82) is 0 Å². The van der Waals surface area contributed by atoms with Gasteiger partial charge >= 0.3 is 0 Å². The van der Waals surface area contributed by atoms with Gasteiger partial charge in [0.25, 0.3) is 0 Å². The number of likely N-dealkylation sites (N-methyl/N-ethyl adjacent to an activating group) is 1. The number of alkyl halides is 1. The van der Waals surface area contributed by atoms with E-state index < -0.39 is 26.8 Å². The van der Waals surface area contributed by atoms with Crippen molar-refractivity contribution in [3.8, 4) is 0 Å². The molecule has 6 rings (SSSR count). The Bertz CT molecular complexity index is 1120. The van der Waals surface area contributed by atoms with Crippen LogP contribution in [0.25, 0.3) is 0 Å². The topological polar surface area (TPSA) is 110 Å². The molecule has 1 aromatic carbocycles. The van der Waals surface area contributed by atoms with E-state index in [-0.39, 0.29) is 34.6 Å². The SMILES string of the molecule is CN(C1(C(=O)NC2C3CC4CC2CC(C(N)=O)(C4)C3)CCC1)S(=O)(=O)c1cccc(CI)c1F. The molecule has 5 aliphatic carbocycles. The second-order valence-electron chi connectivity index (χ2n) is 10.8. The van der Waals surface area contributed by atoms with Crippen molar-refractivity contribution >= 4 is 44.4 Å². The first kappa shape index (κ1) is 24.4. The number of hydrogen-bond acceptors (Lipinski definition) is 4. The first-order chi connectivity index (χ1) is 16.0. The van der Waals surface area contributed by atoms with Gasteiger partial charge in [0.2, 0.25) is 21.8 Å². The number of hydrogen-bond donors (Lipinski definition) is 2. The Morgan fingerprint density at radius 2 is 1.85 bits per heavy atom. The third-order valence-corrected chi connectivity index (χ3v) is 11.9. The fraction of sp³-hybridized carbons (Fsp3) is 0.667. The lowest BCUT2D eigenvalue weighted by atomic mass is 9.47. The fourth-order valence-electron chi connectivity index (χ4n) is 7.28. The lowest BCUT2D eigenvalue weighted by molar-refractivity contribution is -0.150. The second kappa shape index (κ2) is 8.40. The Balaban J connectivity index is 1.39. The molecule has 5 saturated carbocycles. The summed E-state index contributed by atoms with van der Waals surface area (Å²) in [5.41, 5.74) is 4.43. The zero-order valence-electron chi connectivity index (χ0n) is 19.2. The number of nitrogens with one attached hydrogen (secondary N) is 1. The smallest absolute Gasteiger partial charge is 0.246 e. The molecule has 0 heterocycles. The van der Waals surface area contributed by atoms with Gasteiger partial charge in [-0.1, -0.05) is 34.7 Å². The van der Waals surface area contributed by atoms with E-state index in [1.807, 2.05) is 22.6 Å². The number of carbonyl (C=O) groups excluding carboxylic acids is 2. The Hall–Kier alpha value is -1.27. The van der Waals surface area contributed by atoms with Crippen LogP contribution in [0.4, 0.5) is 4.39 Å². The number of primary amides is 1. The van der Waals surface area contributed by atoms with Gasteiger partial charge in [-0.25, -0.2) is 12.8 Å². The highest BCUT2D eigenvalue weighted by Crippen LogP contribution is 2.60. The molecule has 0 aliphatic heterocycles. The zero-order chi connectivity index (χ0) is 24.5. The molecule has 4 bridgehead atoms. The van der Waals surface area contributed by atoms with E-state index in [1.165, 1.54) is 19.2 Å². The monoisotopic (exact) mass is 603 g/mol. The highest BCUT2D eigenvalue weighted by Gasteiger charge is 2.60. The predicted molar refractivity (Wildman–Crippen MR) is 133 cm³/mol. The quantitative estimate of drug-likeness (QED) is 0.369. The standard InChI is InChI=1S/C24H31FIN3O4S/c1-29(34(32,33)18-5-2-4-15(13-26)19(18)25)24(6-3-7-24)22(31)28-20-16-8-14-9-17(20)12-23(10-14,11-16)21(27)30/h2,4-5,14,16-17,20H,3,6-13H2,1H3,(H2,27,30)(H,28,31). The summed E-state index contributed by atoms with van der Waals surface area (Å²) in [6.45, 7) is 0. The van der Waals surface area contributed by atoms with Crippen LogP contribution < -0.4 is 11.1 Å². The van der Waals surface area contributed by atoms with E-state index in [9.17, 15) is 22.4 Å². The molecule has 2 amide bonds.